The molecule has 1 N–H and O–H groups in total. The van der Waals surface area contributed by atoms with E-state index in [9.17, 15) is 13.6 Å². The normalized spacial score (nSPS) is 10.6. The van der Waals surface area contributed by atoms with Gasteiger partial charge in [0.2, 0.25) is 5.75 Å². The number of aromatic nitrogens is 2. The number of methoxy groups -OCH3 is 2. The first-order chi connectivity index (χ1) is 14.9. The molecule has 0 radical (unpaired) electrons. The van der Waals surface area contributed by atoms with Crippen LogP contribution in [0.25, 0.3) is 0 Å². The summed E-state index contributed by atoms with van der Waals surface area (Å²) < 4.78 is 46.5. The summed E-state index contributed by atoms with van der Waals surface area (Å²) in [6.07, 6.45) is 1.56. The van der Waals surface area contributed by atoms with E-state index in [1.807, 2.05) is 0 Å². The Labute approximate surface area is 181 Å². The molecule has 0 aliphatic rings. The maximum absolute atomic E-state index is 12.4. The predicted molar refractivity (Wildman–Crippen MR) is 108 cm³/mol. The van der Waals surface area contributed by atoms with Gasteiger partial charge in [-0.15, -0.1) is 0 Å². The Balaban J connectivity index is 1.65. The second-order valence-corrected chi connectivity index (χ2v) is 6.39. The van der Waals surface area contributed by atoms with Gasteiger partial charge in [0, 0.05) is 11.9 Å². The highest BCUT2D eigenvalue weighted by atomic mass is 35.5. The molecule has 0 saturated heterocycles. The fourth-order valence-electron chi connectivity index (χ4n) is 2.61. The van der Waals surface area contributed by atoms with Gasteiger partial charge in [0.1, 0.15) is 5.75 Å². The summed E-state index contributed by atoms with van der Waals surface area (Å²) in [5, 5.41) is 6.67. The van der Waals surface area contributed by atoms with Crippen LogP contribution in [-0.4, -0.2) is 36.5 Å². The second-order valence-electron chi connectivity index (χ2n) is 5.98. The topological polar surface area (TPSA) is 83.8 Å². The maximum Gasteiger partial charge on any atom is 0.387 e. The summed E-state index contributed by atoms with van der Waals surface area (Å²) in [6, 6.07) is 10.6. The van der Waals surface area contributed by atoms with Gasteiger partial charge in [0.25, 0.3) is 5.91 Å². The van der Waals surface area contributed by atoms with Crippen molar-refractivity contribution in [3.05, 3.63) is 59.4 Å². The molecule has 3 aromatic rings. The van der Waals surface area contributed by atoms with Crippen LogP contribution in [-0.2, 0) is 6.73 Å². The van der Waals surface area contributed by atoms with Gasteiger partial charge in [0.15, 0.2) is 23.9 Å². The highest BCUT2D eigenvalue weighted by Crippen LogP contribution is 2.37. The molecule has 1 aromatic heterocycles. The molecule has 0 spiro atoms. The van der Waals surface area contributed by atoms with E-state index in [0.717, 1.165) is 0 Å². The summed E-state index contributed by atoms with van der Waals surface area (Å²) in [5.41, 5.74) is 0.404. The third-order valence-corrected chi connectivity index (χ3v) is 4.30. The van der Waals surface area contributed by atoms with Crippen molar-refractivity contribution >= 4 is 23.2 Å². The van der Waals surface area contributed by atoms with Crippen molar-refractivity contribution in [1.29, 1.82) is 0 Å². The first-order valence-electron chi connectivity index (χ1n) is 8.84. The lowest BCUT2D eigenvalue weighted by Crippen LogP contribution is -2.14. The van der Waals surface area contributed by atoms with Crippen LogP contribution in [0, 0.1) is 0 Å². The second kappa shape index (κ2) is 9.98. The monoisotopic (exact) mass is 453 g/mol. The molecule has 164 valence electrons. The standard InChI is InChI=1S/C20H18ClF2N3O5/c1-28-16-4-3-5-17(29-2)18(16)30-11-26-9-8-14(25-26)19(27)24-12-6-7-15(13(21)10-12)31-20(22)23/h3-10,20H,11H2,1-2H3,(H,24,27). The molecular formula is C20H18ClF2N3O5. The highest BCUT2D eigenvalue weighted by molar-refractivity contribution is 6.32. The summed E-state index contributed by atoms with van der Waals surface area (Å²) >= 11 is 5.89. The molecule has 0 aliphatic carbocycles. The van der Waals surface area contributed by atoms with Crippen LogP contribution in [0.2, 0.25) is 5.02 Å². The molecule has 0 atom stereocenters. The lowest BCUT2D eigenvalue weighted by atomic mass is 10.3. The van der Waals surface area contributed by atoms with Crippen molar-refractivity contribution < 1.29 is 32.5 Å². The zero-order valence-electron chi connectivity index (χ0n) is 16.5. The summed E-state index contributed by atoms with van der Waals surface area (Å²) in [6.45, 7) is -3.00. The number of alkyl halides is 2. The molecule has 11 heteroatoms. The van der Waals surface area contributed by atoms with Crippen LogP contribution in [0.1, 0.15) is 10.5 Å². The largest absolute Gasteiger partial charge is 0.493 e. The molecular weight excluding hydrogens is 436 g/mol. The number of carbonyl (C=O) groups is 1. The first kappa shape index (κ1) is 22.2. The number of halogens is 3. The van der Waals surface area contributed by atoms with Crippen LogP contribution in [0.4, 0.5) is 14.5 Å². The van der Waals surface area contributed by atoms with Crippen molar-refractivity contribution in [2.45, 2.75) is 13.3 Å². The minimum Gasteiger partial charge on any atom is -0.493 e. The lowest BCUT2D eigenvalue weighted by Gasteiger charge is -2.13. The van der Waals surface area contributed by atoms with Gasteiger partial charge in [-0.05, 0) is 36.4 Å². The van der Waals surface area contributed by atoms with Crippen molar-refractivity contribution in [3.63, 3.8) is 0 Å². The van der Waals surface area contributed by atoms with E-state index in [1.54, 1.807) is 24.4 Å². The predicted octanol–water partition coefficient (Wildman–Crippen LogP) is 4.44. The fraction of sp³-hybridized carbons (Fsp3) is 0.200. The Bertz CT molecular complexity index is 1040. The van der Waals surface area contributed by atoms with Crippen LogP contribution in [0.3, 0.4) is 0 Å². The average Bonchev–Trinajstić information content (AvgIpc) is 3.23. The van der Waals surface area contributed by atoms with E-state index in [1.165, 1.54) is 43.2 Å². The number of nitrogens with zero attached hydrogens (tertiary/aromatic N) is 2. The van der Waals surface area contributed by atoms with Gasteiger partial charge in [-0.1, -0.05) is 17.7 Å². The van der Waals surface area contributed by atoms with E-state index >= 15 is 0 Å². The number of ether oxygens (including phenoxy) is 4. The number of para-hydroxylation sites is 1. The molecule has 0 unspecified atom stereocenters. The number of rotatable bonds is 9. The summed E-state index contributed by atoms with van der Waals surface area (Å²) in [4.78, 5) is 12.4. The summed E-state index contributed by atoms with van der Waals surface area (Å²) in [7, 11) is 3.02. The number of hydrogen-bond acceptors (Lipinski definition) is 6. The zero-order chi connectivity index (χ0) is 22.4. The molecule has 0 aliphatic heterocycles. The van der Waals surface area contributed by atoms with Crippen molar-refractivity contribution in [1.82, 2.24) is 9.78 Å². The molecule has 8 nitrogen and oxygen atoms in total. The smallest absolute Gasteiger partial charge is 0.387 e. The number of amides is 1. The van der Waals surface area contributed by atoms with E-state index in [0.29, 0.717) is 22.9 Å². The molecule has 31 heavy (non-hydrogen) atoms. The first-order valence-corrected chi connectivity index (χ1v) is 9.22. The van der Waals surface area contributed by atoms with E-state index in [4.69, 9.17) is 25.8 Å². The van der Waals surface area contributed by atoms with Crippen LogP contribution < -0.4 is 24.3 Å². The van der Waals surface area contributed by atoms with Gasteiger partial charge >= 0.3 is 6.61 Å². The molecule has 0 fully saturated rings. The minimum atomic E-state index is -3.00. The molecule has 3 rings (SSSR count). The Kier molecular flexibility index (Phi) is 7.14. The lowest BCUT2D eigenvalue weighted by molar-refractivity contribution is -0.0497. The van der Waals surface area contributed by atoms with Gasteiger partial charge in [-0.25, -0.2) is 4.68 Å². The van der Waals surface area contributed by atoms with E-state index in [-0.39, 0.29) is 23.2 Å². The number of carbonyl (C=O) groups excluding carboxylic acids is 1. The number of benzene rings is 2. The van der Waals surface area contributed by atoms with E-state index < -0.39 is 12.5 Å². The van der Waals surface area contributed by atoms with Crippen molar-refractivity contribution in [2.24, 2.45) is 0 Å². The molecule has 0 saturated carbocycles. The summed E-state index contributed by atoms with van der Waals surface area (Å²) in [5.74, 6) is 0.658. The Morgan fingerprint density at radius 3 is 2.45 bits per heavy atom. The van der Waals surface area contributed by atoms with Crippen LogP contribution in [0.5, 0.6) is 23.0 Å². The molecule has 1 amide bonds. The maximum atomic E-state index is 12.4. The average molecular weight is 454 g/mol. The molecule has 1 heterocycles. The van der Waals surface area contributed by atoms with Crippen molar-refractivity contribution in [2.75, 3.05) is 19.5 Å². The Hall–Kier alpha value is -3.53. The minimum absolute atomic E-state index is 0.00446. The Morgan fingerprint density at radius 1 is 1.13 bits per heavy atom. The van der Waals surface area contributed by atoms with Crippen molar-refractivity contribution in [3.8, 4) is 23.0 Å². The quantitative estimate of drug-likeness (QED) is 0.515. The van der Waals surface area contributed by atoms with Gasteiger partial charge in [-0.3, -0.25) is 4.79 Å². The number of anilines is 1. The molecule has 2 aromatic carbocycles. The fourth-order valence-corrected chi connectivity index (χ4v) is 2.84. The van der Waals surface area contributed by atoms with Crippen LogP contribution in [0.15, 0.2) is 48.7 Å². The number of nitrogens with one attached hydrogen (secondary N) is 1. The zero-order valence-corrected chi connectivity index (χ0v) is 17.2. The van der Waals surface area contributed by atoms with Crippen LogP contribution >= 0.6 is 11.6 Å². The van der Waals surface area contributed by atoms with Gasteiger partial charge < -0.3 is 24.3 Å². The highest BCUT2D eigenvalue weighted by Gasteiger charge is 2.15. The SMILES string of the molecule is COc1cccc(OC)c1OCn1ccc(C(=O)Nc2ccc(OC(F)F)c(Cl)c2)n1. The van der Waals surface area contributed by atoms with Gasteiger partial charge in [-0.2, -0.15) is 13.9 Å². The molecule has 0 bridgehead atoms. The van der Waals surface area contributed by atoms with Gasteiger partial charge in [0.05, 0.1) is 19.2 Å². The third kappa shape index (κ3) is 5.54. The third-order valence-electron chi connectivity index (χ3n) is 4.00. The Morgan fingerprint density at radius 2 is 1.84 bits per heavy atom. The van der Waals surface area contributed by atoms with E-state index in [2.05, 4.69) is 15.2 Å². The number of hydrogen-bond donors (Lipinski definition) is 1.